The number of carbonyl (C=O) groups excluding carboxylic acids is 1. The molecule has 13 heavy (non-hydrogen) atoms. The Balaban J connectivity index is 1.79. The van der Waals surface area contributed by atoms with Crippen molar-refractivity contribution in [2.75, 3.05) is 7.11 Å². The predicted molar refractivity (Wildman–Crippen MR) is 48.7 cm³/mol. The average Bonchev–Trinajstić information content (AvgIpc) is 2.65. The standard InChI is InChI=1S/C10H17NO2/c1-13-11-10(12)6-9-5-7-2-3-8(9)4-7/h7-9H,2-6H2,1H3,(H,11,12)/t7-,8-,9-/m0/s1. The first-order chi connectivity index (χ1) is 6.29. The fourth-order valence-corrected chi connectivity index (χ4v) is 3.02. The summed E-state index contributed by atoms with van der Waals surface area (Å²) < 4.78 is 0. The molecule has 2 fully saturated rings. The first-order valence-electron chi connectivity index (χ1n) is 5.11. The Labute approximate surface area is 78.8 Å². The number of fused-ring (bicyclic) bond motifs is 2. The van der Waals surface area contributed by atoms with E-state index < -0.39 is 0 Å². The molecular formula is C10H17NO2. The Morgan fingerprint density at radius 3 is 2.85 bits per heavy atom. The molecule has 0 aromatic carbocycles. The van der Waals surface area contributed by atoms with E-state index in [1.54, 1.807) is 0 Å². The molecule has 0 aliphatic heterocycles. The van der Waals surface area contributed by atoms with Crippen molar-refractivity contribution in [1.82, 2.24) is 5.48 Å². The topological polar surface area (TPSA) is 38.3 Å². The van der Waals surface area contributed by atoms with Gasteiger partial charge in [0, 0.05) is 6.42 Å². The van der Waals surface area contributed by atoms with Crippen molar-refractivity contribution < 1.29 is 9.63 Å². The van der Waals surface area contributed by atoms with Crippen LogP contribution in [-0.4, -0.2) is 13.0 Å². The van der Waals surface area contributed by atoms with Gasteiger partial charge in [-0.25, -0.2) is 5.48 Å². The molecule has 0 saturated heterocycles. The Morgan fingerprint density at radius 2 is 2.31 bits per heavy atom. The van der Waals surface area contributed by atoms with Gasteiger partial charge in [0.05, 0.1) is 7.11 Å². The van der Waals surface area contributed by atoms with Crippen LogP contribution >= 0.6 is 0 Å². The molecule has 0 unspecified atom stereocenters. The van der Waals surface area contributed by atoms with Gasteiger partial charge in [-0.2, -0.15) is 0 Å². The van der Waals surface area contributed by atoms with E-state index in [0.29, 0.717) is 12.3 Å². The predicted octanol–water partition coefficient (Wildman–Crippen LogP) is 1.49. The zero-order chi connectivity index (χ0) is 9.26. The highest BCUT2D eigenvalue weighted by atomic mass is 16.6. The molecule has 0 aromatic heterocycles. The van der Waals surface area contributed by atoms with E-state index in [2.05, 4.69) is 10.3 Å². The van der Waals surface area contributed by atoms with Crippen molar-refractivity contribution >= 4 is 5.91 Å². The third-order valence-corrected chi connectivity index (χ3v) is 3.55. The maximum absolute atomic E-state index is 11.2. The maximum Gasteiger partial charge on any atom is 0.243 e. The first-order valence-corrected chi connectivity index (χ1v) is 5.11. The smallest absolute Gasteiger partial charge is 0.243 e. The number of hydrogen-bond donors (Lipinski definition) is 1. The van der Waals surface area contributed by atoms with Gasteiger partial charge in [-0.05, 0) is 37.0 Å². The van der Waals surface area contributed by atoms with Crippen LogP contribution in [0.1, 0.15) is 32.1 Å². The van der Waals surface area contributed by atoms with Crippen LogP contribution in [0.25, 0.3) is 0 Å². The van der Waals surface area contributed by atoms with Gasteiger partial charge in [0.25, 0.3) is 0 Å². The fraction of sp³-hybridized carbons (Fsp3) is 0.900. The third kappa shape index (κ3) is 1.85. The van der Waals surface area contributed by atoms with Crippen molar-refractivity contribution in [1.29, 1.82) is 0 Å². The molecule has 3 heteroatoms. The molecule has 2 aliphatic rings. The highest BCUT2D eigenvalue weighted by Crippen LogP contribution is 2.49. The van der Waals surface area contributed by atoms with Crippen LogP contribution in [-0.2, 0) is 9.63 Å². The van der Waals surface area contributed by atoms with Gasteiger partial charge in [-0.1, -0.05) is 6.42 Å². The molecule has 0 radical (unpaired) electrons. The summed E-state index contributed by atoms with van der Waals surface area (Å²) >= 11 is 0. The molecule has 2 rings (SSSR count). The lowest BCUT2D eigenvalue weighted by Gasteiger charge is -2.20. The molecular weight excluding hydrogens is 166 g/mol. The summed E-state index contributed by atoms with van der Waals surface area (Å²) in [4.78, 5) is 15.8. The SMILES string of the molecule is CONC(=O)C[C@@H]1C[C@H]2CC[C@H]1C2. The van der Waals surface area contributed by atoms with E-state index in [-0.39, 0.29) is 5.91 Å². The van der Waals surface area contributed by atoms with Gasteiger partial charge in [-0.15, -0.1) is 0 Å². The van der Waals surface area contributed by atoms with E-state index in [9.17, 15) is 4.79 Å². The zero-order valence-corrected chi connectivity index (χ0v) is 8.08. The van der Waals surface area contributed by atoms with E-state index >= 15 is 0 Å². The van der Waals surface area contributed by atoms with Gasteiger partial charge in [0.1, 0.15) is 0 Å². The second-order valence-electron chi connectivity index (χ2n) is 4.37. The summed E-state index contributed by atoms with van der Waals surface area (Å²) in [5, 5.41) is 0. The lowest BCUT2D eigenvalue weighted by molar-refractivity contribution is -0.132. The van der Waals surface area contributed by atoms with Gasteiger partial charge in [0.2, 0.25) is 5.91 Å². The molecule has 2 saturated carbocycles. The number of nitrogens with one attached hydrogen (secondary N) is 1. The highest BCUT2D eigenvalue weighted by Gasteiger charge is 2.39. The van der Waals surface area contributed by atoms with Crippen LogP contribution in [0.4, 0.5) is 0 Å². The van der Waals surface area contributed by atoms with Crippen molar-refractivity contribution in [3.05, 3.63) is 0 Å². The maximum atomic E-state index is 11.2. The second-order valence-corrected chi connectivity index (χ2v) is 4.37. The van der Waals surface area contributed by atoms with Crippen LogP contribution in [0.5, 0.6) is 0 Å². The van der Waals surface area contributed by atoms with Crippen molar-refractivity contribution in [3.8, 4) is 0 Å². The summed E-state index contributed by atoms with van der Waals surface area (Å²) in [6.07, 6.45) is 6.03. The van der Waals surface area contributed by atoms with Gasteiger partial charge < -0.3 is 0 Å². The van der Waals surface area contributed by atoms with E-state index in [4.69, 9.17) is 0 Å². The molecule has 3 nitrogen and oxygen atoms in total. The summed E-state index contributed by atoms with van der Waals surface area (Å²) in [5.74, 6) is 2.42. The van der Waals surface area contributed by atoms with Crippen molar-refractivity contribution in [3.63, 3.8) is 0 Å². The average molecular weight is 183 g/mol. The molecule has 3 atom stereocenters. The lowest BCUT2D eigenvalue weighted by atomic mass is 9.86. The Kier molecular flexibility index (Phi) is 2.54. The van der Waals surface area contributed by atoms with Crippen molar-refractivity contribution in [2.24, 2.45) is 17.8 Å². The monoisotopic (exact) mass is 183 g/mol. The van der Waals surface area contributed by atoms with Crippen LogP contribution in [0, 0.1) is 17.8 Å². The van der Waals surface area contributed by atoms with E-state index in [0.717, 1.165) is 11.8 Å². The van der Waals surface area contributed by atoms with Gasteiger partial charge in [0.15, 0.2) is 0 Å². The van der Waals surface area contributed by atoms with Gasteiger partial charge in [-0.3, -0.25) is 9.63 Å². The van der Waals surface area contributed by atoms with E-state index in [1.807, 2.05) is 0 Å². The van der Waals surface area contributed by atoms with Crippen LogP contribution in [0.3, 0.4) is 0 Å². The quantitative estimate of drug-likeness (QED) is 0.673. The number of amides is 1. The summed E-state index contributed by atoms with van der Waals surface area (Å²) in [6.45, 7) is 0. The fourth-order valence-electron chi connectivity index (χ4n) is 3.02. The second kappa shape index (κ2) is 3.66. The van der Waals surface area contributed by atoms with E-state index in [1.165, 1.54) is 32.8 Å². The first kappa shape index (κ1) is 9.00. The largest absolute Gasteiger partial charge is 0.277 e. The number of hydrogen-bond acceptors (Lipinski definition) is 2. The van der Waals surface area contributed by atoms with Gasteiger partial charge >= 0.3 is 0 Å². The summed E-state index contributed by atoms with van der Waals surface area (Å²) in [6, 6.07) is 0. The number of hydroxylamine groups is 1. The molecule has 0 heterocycles. The highest BCUT2D eigenvalue weighted by molar-refractivity contribution is 5.75. The molecule has 2 aliphatic carbocycles. The molecule has 0 spiro atoms. The zero-order valence-electron chi connectivity index (χ0n) is 8.08. The Hall–Kier alpha value is -0.570. The minimum atomic E-state index is 0.0417. The minimum absolute atomic E-state index is 0.0417. The molecule has 1 N–H and O–H groups in total. The van der Waals surface area contributed by atoms with Crippen LogP contribution < -0.4 is 5.48 Å². The van der Waals surface area contributed by atoms with Crippen LogP contribution in [0.2, 0.25) is 0 Å². The summed E-state index contributed by atoms with van der Waals surface area (Å²) in [7, 11) is 1.48. The Morgan fingerprint density at radius 1 is 1.46 bits per heavy atom. The van der Waals surface area contributed by atoms with Crippen molar-refractivity contribution in [2.45, 2.75) is 32.1 Å². The molecule has 74 valence electrons. The molecule has 1 amide bonds. The molecule has 0 aromatic rings. The van der Waals surface area contributed by atoms with Crippen LogP contribution in [0.15, 0.2) is 0 Å². The Bertz CT molecular complexity index is 205. The summed E-state index contributed by atoms with van der Waals surface area (Å²) in [5.41, 5.74) is 2.39. The normalized spacial score (nSPS) is 36.5. The number of rotatable bonds is 3. The minimum Gasteiger partial charge on any atom is -0.277 e. The number of carbonyl (C=O) groups is 1. The third-order valence-electron chi connectivity index (χ3n) is 3.55. The lowest BCUT2D eigenvalue weighted by Crippen LogP contribution is -2.26. The molecule has 2 bridgehead atoms.